The predicted molar refractivity (Wildman–Crippen MR) is 88.3 cm³/mol. The van der Waals surface area contributed by atoms with Gasteiger partial charge in [-0.3, -0.25) is 10.1 Å². The lowest BCUT2D eigenvalue weighted by Crippen LogP contribution is -1.96. The molecule has 0 fully saturated rings. The third-order valence-electron chi connectivity index (χ3n) is 2.30. The maximum absolute atomic E-state index is 10.7. The Balaban J connectivity index is 2.29. The summed E-state index contributed by atoms with van der Waals surface area (Å²) in [4.78, 5) is 10.3. The van der Waals surface area contributed by atoms with E-state index < -0.39 is 0 Å². The first-order valence-corrected chi connectivity index (χ1v) is 7.19. The van der Waals surface area contributed by atoms with Gasteiger partial charge in [-0.25, -0.2) is 0 Å². The largest absolute Gasteiger partial charge is 0.355 e. The van der Waals surface area contributed by atoms with Crippen LogP contribution in [0.2, 0.25) is 0 Å². The topological polar surface area (TPSA) is 55.2 Å². The van der Waals surface area contributed by atoms with Crippen LogP contribution in [0.3, 0.4) is 0 Å². The Kier molecular flexibility index (Phi) is 4.38. The summed E-state index contributed by atoms with van der Waals surface area (Å²) in [7, 11) is 0. The van der Waals surface area contributed by atoms with Crippen molar-refractivity contribution >= 4 is 62.2 Å². The van der Waals surface area contributed by atoms with Crippen LogP contribution >= 0.6 is 45.2 Å². The molecule has 1 N–H and O–H groups in total. The molecule has 0 spiro atoms. The molecule has 0 saturated heterocycles. The van der Waals surface area contributed by atoms with Crippen LogP contribution in [0.1, 0.15) is 0 Å². The van der Waals surface area contributed by atoms with Gasteiger partial charge in [0.2, 0.25) is 0 Å². The summed E-state index contributed by atoms with van der Waals surface area (Å²) in [5.41, 5.74) is 1.96. The molecule has 0 radical (unpaired) electrons. The van der Waals surface area contributed by atoms with Gasteiger partial charge in [0.1, 0.15) is 0 Å². The zero-order chi connectivity index (χ0) is 13.1. The lowest BCUT2D eigenvalue weighted by Gasteiger charge is -2.08. The van der Waals surface area contributed by atoms with Gasteiger partial charge < -0.3 is 5.32 Å². The number of para-hydroxylation sites is 1. The number of nitrogens with one attached hydrogen (secondary N) is 1. The Labute approximate surface area is 131 Å². The Morgan fingerprint density at radius 3 is 2.39 bits per heavy atom. The van der Waals surface area contributed by atoms with Gasteiger partial charge in [-0.1, -0.05) is 12.1 Å². The van der Waals surface area contributed by atoms with Crippen LogP contribution in [-0.4, -0.2) is 4.92 Å². The van der Waals surface area contributed by atoms with Crippen LogP contribution in [0.4, 0.5) is 17.1 Å². The summed E-state index contributed by atoms with van der Waals surface area (Å²) >= 11 is 4.21. The Morgan fingerprint density at radius 1 is 1.06 bits per heavy atom. The zero-order valence-electron chi connectivity index (χ0n) is 9.06. The number of nitro benzene ring substituents is 1. The van der Waals surface area contributed by atoms with Gasteiger partial charge in [0.15, 0.2) is 0 Å². The predicted octanol–water partition coefficient (Wildman–Crippen LogP) is 4.55. The highest BCUT2D eigenvalue weighted by Gasteiger charge is 2.11. The molecule has 0 aliphatic rings. The molecule has 0 heterocycles. The number of nitrogens with zero attached hydrogens (tertiary/aromatic N) is 1. The standard InChI is InChI=1S/C12H8I2N2O2/c13-9-3-1-2-4-11(9)15-8-5-6-12(16(17)18)10(14)7-8/h1-7,15H. The van der Waals surface area contributed by atoms with E-state index in [1.807, 2.05) is 46.9 Å². The van der Waals surface area contributed by atoms with Crippen molar-refractivity contribution < 1.29 is 4.92 Å². The average molecular weight is 466 g/mol. The highest BCUT2D eigenvalue weighted by molar-refractivity contribution is 14.1. The highest BCUT2D eigenvalue weighted by Crippen LogP contribution is 2.27. The van der Waals surface area contributed by atoms with Gasteiger partial charge in [-0.15, -0.1) is 0 Å². The number of benzene rings is 2. The van der Waals surface area contributed by atoms with Crippen LogP contribution in [0.25, 0.3) is 0 Å². The van der Waals surface area contributed by atoms with Gasteiger partial charge in [-0.05, 0) is 69.4 Å². The van der Waals surface area contributed by atoms with Gasteiger partial charge in [0, 0.05) is 15.3 Å². The lowest BCUT2D eigenvalue weighted by molar-refractivity contribution is -0.385. The van der Waals surface area contributed by atoms with Crippen LogP contribution in [0.15, 0.2) is 42.5 Å². The molecule has 18 heavy (non-hydrogen) atoms. The molecule has 0 amide bonds. The molecule has 6 heteroatoms. The molecule has 0 atom stereocenters. The highest BCUT2D eigenvalue weighted by atomic mass is 127. The summed E-state index contributed by atoms with van der Waals surface area (Å²) in [5, 5.41) is 14.0. The Morgan fingerprint density at radius 2 is 1.78 bits per heavy atom. The molecule has 92 valence electrons. The van der Waals surface area contributed by atoms with E-state index in [2.05, 4.69) is 27.9 Å². The monoisotopic (exact) mass is 466 g/mol. The van der Waals surface area contributed by atoms with Crippen molar-refractivity contribution in [3.63, 3.8) is 0 Å². The van der Waals surface area contributed by atoms with Crippen LogP contribution in [-0.2, 0) is 0 Å². The summed E-state index contributed by atoms with van der Waals surface area (Å²) < 4.78 is 1.72. The number of hydrogen-bond donors (Lipinski definition) is 1. The molecule has 0 aliphatic heterocycles. The van der Waals surface area contributed by atoms with Crippen molar-refractivity contribution in [2.24, 2.45) is 0 Å². The third-order valence-corrected chi connectivity index (χ3v) is 4.10. The van der Waals surface area contributed by atoms with E-state index in [4.69, 9.17) is 0 Å². The molecule has 0 saturated carbocycles. The Hall–Kier alpha value is -0.900. The SMILES string of the molecule is O=[N+]([O-])c1ccc(Nc2ccccc2I)cc1I. The molecule has 0 aliphatic carbocycles. The molecular weight excluding hydrogens is 458 g/mol. The van der Waals surface area contributed by atoms with Crippen molar-refractivity contribution in [1.29, 1.82) is 0 Å². The fraction of sp³-hybridized carbons (Fsp3) is 0. The maximum atomic E-state index is 10.7. The molecule has 2 rings (SSSR count). The summed E-state index contributed by atoms with van der Waals surface area (Å²) in [6, 6.07) is 12.9. The van der Waals surface area contributed by atoms with E-state index in [0.717, 1.165) is 14.9 Å². The molecule has 0 bridgehead atoms. The number of halogens is 2. The second kappa shape index (κ2) is 5.83. The van der Waals surface area contributed by atoms with E-state index in [9.17, 15) is 10.1 Å². The number of rotatable bonds is 3. The third kappa shape index (κ3) is 3.10. The first-order chi connectivity index (χ1) is 8.58. The van der Waals surface area contributed by atoms with Crippen LogP contribution < -0.4 is 5.32 Å². The zero-order valence-corrected chi connectivity index (χ0v) is 13.4. The average Bonchev–Trinajstić information content (AvgIpc) is 2.32. The summed E-state index contributed by atoms with van der Waals surface area (Å²) in [6.45, 7) is 0. The quantitative estimate of drug-likeness (QED) is 0.411. The second-order valence-corrected chi connectivity index (χ2v) is 5.85. The van der Waals surface area contributed by atoms with Gasteiger partial charge >= 0.3 is 0 Å². The van der Waals surface area contributed by atoms with Crippen LogP contribution in [0.5, 0.6) is 0 Å². The van der Waals surface area contributed by atoms with E-state index in [-0.39, 0.29) is 10.6 Å². The minimum absolute atomic E-state index is 0.129. The summed E-state index contributed by atoms with van der Waals surface area (Å²) in [6.07, 6.45) is 0. The number of hydrogen-bond acceptors (Lipinski definition) is 3. The lowest BCUT2D eigenvalue weighted by atomic mass is 10.2. The summed E-state index contributed by atoms with van der Waals surface area (Å²) in [5.74, 6) is 0. The second-order valence-electron chi connectivity index (χ2n) is 3.53. The minimum Gasteiger partial charge on any atom is -0.355 e. The molecule has 0 aromatic heterocycles. The normalized spacial score (nSPS) is 10.1. The molecular formula is C12H8I2N2O2. The van der Waals surface area contributed by atoms with Crippen molar-refractivity contribution in [3.8, 4) is 0 Å². The molecule has 2 aromatic carbocycles. The number of nitro groups is 1. The molecule has 2 aromatic rings. The van der Waals surface area contributed by atoms with Gasteiger partial charge in [-0.2, -0.15) is 0 Å². The van der Waals surface area contributed by atoms with E-state index >= 15 is 0 Å². The van der Waals surface area contributed by atoms with E-state index in [0.29, 0.717) is 3.57 Å². The first kappa shape index (κ1) is 13.5. The van der Waals surface area contributed by atoms with E-state index in [1.54, 1.807) is 12.1 Å². The fourth-order valence-electron chi connectivity index (χ4n) is 1.45. The van der Waals surface area contributed by atoms with Crippen molar-refractivity contribution in [2.75, 3.05) is 5.32 Å². The van der Waals surface area contributed by atoms with Crippen molar-refractivity contribution in [3.05, 3.63) is 59.7 Å². The van der Waals surface area contributed by atoms with Gasteiger partial charge in [0.25, 0.3) is 5.69 Å². The molecule has 0 unspecified atom stereocenters. The maximum Gasteiger partial charge on any atom is 0.282 e. The first-order valence-electron chi connectivity index (χ1n) is 5.03. The smallest absolute Gasteiger partial charge is 0.282 e. The van der Waals surface area contributed by atoms with E-state index in [1.165, 1.54) is 6.07 Å². The van der Waals surface area contributed by atoms with Crippen molar-refractivity contribution in [1.82, 2.24) is 0 Å². The van der Waals surface area contributed by atoms with Crippen LogP contribution in [0, 0.1) is 17.3 Å². The fourth-order valence-corrected chi connectivity index (χ4v) is 2.69. The van der Waals surface area contributed by atoms with Gasteiger partial charge in [0.05, 0.1) is 14.2 Å². The Bertz CT molecular complexity index is 602. The van der Waals surface area contributed by atoms with Crippen molar-refractivity contribution in [2.45, 2.75) is 0 Å². The molecule has 4 nitrogen and oxygen atoms in total. The minimum atomic E-state index is -0.377. The number of anilines is 2.